The minimum absolute atomic E-state index is 0.0339. The van der Waals surface area contributed by atoms with Gasteiger partial charge in [0.05, 0.1) is 30.1 Å². The topological polar surface area (TPSA) is 89.6 Å². The summed E-state index contributed by atoms with van der Waals surface area (Å²) in [6, 6.07) is 1.94. The predicted molar refractivity (Wildman–Crippen MR) is 139 cm³/mol. The van der Waals surface area contributed by atoms with Gasteiger partial charge in [-0.25, -0.2) is 18.3 Å². The predicted octanol–water partition coefficient (Wildman–Crippen LogP) is 5.26. The molecule has 38 heavy (non-hydrogen) atoms. The Balaban J connectivity index is 1.22. The highest BCUT2D eigenvalue weighted by Gasteiger charge is 2.42. The molecule has 3 aromatic heterocycles. The maximum absolute atomic E-state index is 13.9. The van der Waals surface area contributed by atoms with E-state index in [0.717, 1.165) is 57.4 Å². The molecular weight excluding hydrogens is 492 g/mol. The fourth-order valence-electron chi connectivity index (χ4n) is 6.18. The van der Waals surface area contributed by atoms with Gasteiger partial charge in [0.15, 0.2) is 11.3 Å². The number of aromatic nitrogens is 5. The summed E-state index contributed by atoms with van der Waals surface area (Å²) in [5, 5.41) is 11.1. The highest BCUT2D eigenvalue weighted by Crippen LogP contribution is 2.39. The van der Waals surface area contributed by atoms with E-state index < -0.39 is 18.0 Å². The molecule has 3 aromatic rings. The van der Waals surface area contributed by atoms with Gasteiger partial charge in [-0.15, -0.1) is 0 Å². The molecule has 9 nitrogen and oxygen atoms in total. The molecule has 0 atom stereocenters. The molecule has 0 bridgehead atoms. The summed E-state index contributed by atoms with van der Waals surface area (Å²) < 4.78 is 37.0. The first-order valence-corrected chi connectivity index (χ1v) is 13.7. The maximum atomic E-state index is 13.9. The lowest BCUT2D eigenvalue weighted by Gasteiger charge is -2.48. The van der Waals surface area contributed by atoms with Crippen molar-refractivity contribution in [2.45, 2.75) is 76.9 Å². The van der Waals surface area contributed by atoms with Crippen LogP contribution in [0.2, 0.25) is 0 Å². The molecule has 2 aliphatic carbocycles. The normalized spacial score (nSPS) is 23.4. The first-order valence-electron chi connectivity index (χ1n) is 13.7. The van der Waals surface area contributed by atoms with Crippen molar-refractivity contribution in [2.75, 3.05) is 29.9 Å². The largest absolute Gasteiger partial charge is 0.371 e. The maximum Gasteiger partial charge on any atom is 0.284 e. The zero-order valence-corrected chi connectivity index (χ0v) is 21.9. The second kappa shape index (κ2) is 9.91. The number of nitrogens with zero attached hydrogens (tertiary/aromatic N) is 6. The molecule has 1 N–H and O–H groups in total. The molecule has 3 aliphatic rings. The molecule has 2 saturated carbocycles. The van der Waals surface area contributed by atoms with Crippen LogP contribution in [0.5, 0.6) is 0 Å². The Morgan fingerprint density at radius 2 is 2.00 bits per heavy atom. The summed E-state index contributed by atoms with van der Waals surface area (Å²) in [6.07, 6.45) is 9.10. The smallest absolute Gasteiger partial charge is 0.284 e. The molecule has 4 heterocycles. The van der Waals surface area contributed by atoms with Gasteiger partial charge < -0.3 is 15.0 Å². The van der Waals surface area contributed by atoms with Crippen LogP contribution in [0.3, 0.4) is 0 Å². The number of fused-ring (bicyclic) bond motifs is 1. The Morgan fingerprint density at radius 1 is 1.21 bits per heavy atom. The summed E-state index contributed by atoms with van der Waals surface area (Å²) in [4.78, 5) is 20.2. The third kappa shape index (κ3) is 4.65. The number of rotatable bonds is 6. The Labute approximate surface area is 220 Å². The molecule has 3 fully saturated rings. The summed E-state index contributed by atoms with van der Waals surface area (Å²) in [6.45, 7) is 6.58. The van der Waals surface area contributed by atoms with Gasteiger partial charge in [-0.05, 0) is 62.8 Å². The molecule has 204 valence electrons. The van der Waals surface area contributed by atoms with Crippen LogP contribution >= 0.6 is 0 Å². The lowest BCUT2D eigenvalue weighted by Crippen LogP contribution is -2.56. The van der Waals surface area contributed by atoms with Gasteiger partial charge in [-0.3, -0.25) is 9.48 Å². The van der Waals surface area contributed by atoms with Gasteiger partial charge in [-0.1, -0.05) is 13.8 Å². The van der Waals surface area contributed by atoms with Crippen LogP contribution in [0.25, 0.3) is 5.65 Å². The van der Waals surface area contributed by atoms with E-state index in [1.165, 1.54) is 17.1 Å². The van der Waals surface area contributed by atoms with E-state index in [1.807, 2.05) is 6.07 Å². The van der Waals surface area contributed by atoms with Crippen molar-refractivity contribution in [3.05, 3.63) is 35.9 Å². The van der Waals surface area contributed by atoms with Gasteiger partial charge in [-0.2, -0.15) is 10.2 Å². The second-order valence-electron chi connectivity index (χ2n) is 11.4. The molecule has 1 aliphatic heterocycles. The minimum Gasteiger partial charge on any atom is -0.371 e. The first kappa shape index (κ1) is 25.2. The number of hydrogen-bond donors (Lipinski definition) is 1. The highest BCUT2D eigenvalue weighted by molar-refractivity contribution is 6.08. The number of hydrogen-bond acceptors (Lipinski definition) is 6. The molecule has 1 saturated heterocycles. The fourth-order valence-corrected chi connectivity index (χ4v) is 6.18. The van der Waals surface area contributed by atoms with E-state index in [1.54, 1.807) is 17.1 Å². The summed E-state index contributed by atoms with van der Waals surface area (Å²) >= 11 is 0. The summed E-state index contributed by atoms with van der Waals surface area (Å²) in [7, 11) is 0. The van der Waals surface area contributed by atoms with Crippen LogP contribution in [0.15, 0.2) is 24.7 Å². The van der Waals surface area contributed by atoms with Gasteiger partial charge in [0.1, 0.15) is 11.4 Å². The van der Waals surface area contributed by atoms with Crippen molar-refractivity contribution in [3.63, 3.8) is 0 Å². The molecule has 11 heteroatoms. The van der Waals surface area contributed by atoms with Crippen molar-refractivity contribution < 1.29 is 18.3 Å². The Bertz CT molecular complexity index is 1310. The van der Waals surface area contributed by atoms with E-state index in [0.29, 0.717) is 24.1 Å². The Hall–Kier alpha value is -3.08. The van der Waals surface area contributed by atoms with Crippen LogP contribution in [-0.2, 0) is 4.74 Å². The van der Waals surface area contributed by atoms with Crippen LogP contribution in [0.4, 0.5) is 20.3 Å². The van der Waals surface area contributed by atoms with Crippen molar-refractivity contribution in [2.24, 2.45) is 11.8 Å². The summed E-state index contributed by atoms with van der Waals surface area (Å²) in [5.41, 5.74) is 0.142. The van der Waals surface area contributed by atoms with Crippen molar-refractivity contribution in [1.29, 1.82) is 0 Å². The monoisotopic (exact) mass is 527 g/mol. The number of anilines is 2. The molecular formula is C27H35F2N7O2. The highest BCUT2D eigenvalue weighted by atomic mass is 19.3. The Morgan fingerprint density at radius 3 is 2.68 bits per heavy atom. The third-order valence-corrected chi connectivity index (χ3v) is 8.71. The van der Waals surface area contributed by atoms with E-state index >= 15 is 0 Å². The lowest BCUT2D eigenvalue weighted by molar-refractivity contribution is -0.106. The number of amides is 1. The zero-order valence-electron chi connectivity index (χ0n) is 21.9. The van der Waals surface area contributed by atoms with Crippen LogP contribution in [-0.4, -0.2) is 55.6 Å². The van der Waals surface area contributed by atoms with Crippen molar-refractivity contribution in [1.82, 2.24) is 24.4 Å². The Kier molecular flexibility index (Phi) is 6.57. The fraction of sp³-hybridized carbons (Fsp3) is 0.630. The molecule has 1 amide bonds. The van der Waals surface area contributed by atoms with E-state index in [4.69, 9.17) is 9.72 Å². The van der Waals surface area contributed by atoms with E-state index in [-0.39, 0.29) is 22.9 Å². The van der Waals surface area contributed by atoms with Gasteiger partial charge in [0.25, 0.3) is 12.3 Å². The number of alkyl halides is 2. The minimum atomic E-state index is -2.80. The average Bonchev–Trinajstić information content (AvgIpc) is 3.52. The first-order chi connectivity index (χ1) is 18.3. The van der Waals surface area contributed by atoms with E-state index in [2.05, 4.69) is 34.3 Å². The van der Waals surface area contributed by atoms with Crippen LogP contribution in [0.1, 0.15) is 87.3 Å². The third-order valence-electron chi connectivity index (χ3n) is 8.71. The number of halogens is 2. The molecule has 0 radical (unpaired) electrons. The number of carbonyl (C=O) groups excluding carboxylic acids is 1. The van der Waals surface area contributed by atoms with Gasteiger partial charge in [0.2, 0.25) is 0 Å². The van der Waals surface area contributed by atoms with Crippen molar-refractivity contribution in [3.8, 4) is 0 Å². The standard InChI is InChI=1S/C27H35F2N7O2/c1-17(2)18-4-6-19(7-5-18)36-15-21(23(33-36)24(28)29)31-26(37)20-14-30-35-11-8-22(32-25(20)35)34-12-13-38-27(16-34)9-3-10-27/h8,11,14-15,17-19,24H,3-7,9-10,12-13,16H2,1-2H3,(H,31,37). The van der Waals surface area contributed by atoms with Gasteiger partial charge in [0, 0.05) is 25.5 Å². The van der Waals surface area contributed by atoms with Gasteiger partial charge >= 0.3 is 0 Å². The average molecular weight is 528 g/mol. The zero-order chi connectivity index (χ0) is 26.4. The van der Waals surface area contributed by atoms with E-state index in [9.17, 15) is 13.6 Å². The number of carbonyl (C=O) groups is 1. The SMILES string of the molecule is CC(C)C1CCC(n2cc(NC(=O)c3cnn4ccc(N5CCOC6(CCC6)C5)nc34)c(C(F)F)n2)CC1. The molecule has 0 aromatic carbocycles. The number of nitrogens with one attached hydrogen (secondary N) is 1. The summed E-state index contributed by atoms with van der Waals surface area (Å²) in [5.74, 6) is 1.48. The number of morpholine rings is 1. The lowest BCUT2D eigenvalue weighted by atomic mass is 9.79. The molecule has 1 spiro atoms. The molecule has 6 rings (SSSR count). The number of ether oxygens (including phenoxy) is 1. The second-order valence-corrected chi connectivity index (χ2v) is 11.4. The quantitative estimate of drug-likeness (QED) is 0.470. The van der Waals surface area contributed by atoms with Crippen LogP contribution in [0, 0.1) is 11.8 Å². The van der Waals surface area contributed by atoms with Crippen LogP contribution < -0.4 is 10.2 Å². The van der Waals surface area contributed by atoms with Crippen molar-refractivity contribution >= 4 is 23.1 Å². The molecule has 0 unspecified atom stereocenters.